The molecule has 0 saturated carbocycles. The molecule has 0 fully saturated rings. The molecule has 96 valence electrons. The number of nitrogens with zero attached hydrogens (tertiary/aromatic N) is 1. The standard InChI is InChI=1S/C12H14N2O4/c1-4-14-8-6-10(18-3)9(17-2)5-7(8)11(15)13-12(14)16/h5-6H,4H2,1-3H3,(H,13,15,16). The summed E-state index contributed by atoms with van der Waals surface area (Å²) in [4.78, 5) is 25.7. The van der Waals surface area contributed by atoms with Crippen molar-refractivity contribution in [3.8, 4) is 11.5 Å². The fraction of sp³-hybridized carbons (Fsp3) is 0.333. The van der Waals surface area contributed by atoms with Crippen LogP contribution in [0.15, 0.2) is 21.7 Å². The molecule has 1 heterocycles. The Kier molecular flexibility index (Phi) is 3.10. The van der Waals surface area contributed by atoms with Gasteiger partial charge in [-0.05, 0) is 13.0 Å². The molecule has 18 heavy (non-hydrogen) atoms. The summed E-state index contributed by atoms with van der Waals surface area (Å²) in [7, 11) is 3.00. The van der Waals surface area contributed by atoms with Gasteiger partial charge in [0.25, 0.3) is 5.56 Å². The molecule has 1 aromatic carbocycles. The lowest BCUT2D eigenvalue weighted by molar-refractivity contribution is 0.355. The Balaban J connectivity index is 2.96. The summed E-state index contributed by atoms with van der Waals surface area (Å²) < 4.78 is 11.8. The number of nitrogens with one attached hydrogen (secondary N) is 1. The quantitative estimate of drug-likeness (QED) is 0.871. The van der Waals surface area contributed by atoms with Crippen molar-refractivity contribution in [3.63, 3.8) is 0 Å². The monoisotopic (exact) mass is 250 g/mol. The number of H-pyrrole nitrogens is 1. The molecule has 0 saturated heterocycles. The molecule has 0 radical (unpaired) electrons. The molecule has 6 heteroatoms. The first-order valence-electron chi connectivity index (χ1n) is 5.51. The van der Waals surface area contributed by atoms with E-state index in [1.807, 2.05) is 6.92 Å². The van der Waals surface area contributed by atoms with Gasteiger partial charge in [-0.15, -0.1) is 0 Å². The minimum atomic E-state index is -0.430. The lowest BCUT2D eigenvalue weighted by atomic mass is 10.2. The van der Waals surface area contributed by atoms with E-state index in [1.54, 1.807) is 12.1 Å². The molecule has 2 aromatic rings. The largest absolute Gasteiger partial charge is 0.493 e. The first kappa shape index (κ1) is 12.2. The Bertz CT molecular complexity index is 700. The maximum atomic E-state index is 11.8. The highest BCUT2D eigenvalue weighted by molar-refractivity contribution is 5.82. The number of rotatable bonds is 3. The van der Waals surface area contributed by atoms with Crippen molar-refractivity contribution in [3.05, 3.63) is 33.0 Å². The molecule has 0 aliphatic rings. The zero-order chi connectivity index (χ0) is 13.3. The molecule has 0 aliphatic carbocycles. The van der Waals surface area contributed by atoms with Gasteiger partial charge in [0.15, 0.2) is 11.5 Å². The van der Waals surface area contributed by atoms with E-state index in [2.05, 4.69) is 4.98 Å². The second-order valence-corrected chi connectivity index (χ2v) is 3.73. The van der Waals surface area contributed by atoms with Crippen LogP contribution in [0.1, 0.15) is 6.92 Å². The molecule has 1 aromatic heterocycles. The highest BCUT2D eigenvalue weighted by atomic mass is 16.5. The van der Waals surface area contributed by atoms with Crippen LogP contribution in [0.25, 0.3) is 10.9 Å². The van der Waals surface area contributed by atoms with Crippen molar-refractivity contribution < 1.29 is 9.47 Å². The Hall–Kier alpha value is -2.24. The SMILES string of the molecule is CCn1c(=O)[nH]c(=O)c2cc(OC)c(OC)cc21. The van der Waals surface area contributed by atoms with E-state index in [1.165, 1.54) is 18.8 Å². The molecule has 0 amide bonds. The van der Waals surface area contributed by atoms with Gasteiger partial charge in [0.05, 0.1) is 25.1 Å². The van der Waals surface area contributed by atoms with E-state index < -0.39 is 11.2 Å². The van der Waals surface area contributed by atoms with Crippen molar-refractivity contribution in [2.45, 2.75) is 13.5 Å². The van der Waals surface area contributed by atoms with Crippen LogP contribution in [0.4, 0.5) is 0 Å². The van der Waals surface area contributed by atoms with Gasteiger partial charge in [0.2, 0.25) is 0 Å². The van der Waals surface area contributed by atoms with Gasteiger partial charge in [-0.1, -0.05) is 0 Å². The number of fused-ring (bicyclic) bond motifs is 1. The van der Waals surface area contributed by atoms with Crippen LogP contribution in [-0.4, -0.2) is 23.8 Å². The van der Waals surface area contributed by atoms with E-state index in [-0.39, 0.29) is 0 Å². The molecule has 2 rings (SSSR count). The maximum absolute atomic E-state index is 11.8. The van der Waals surface area contributed by atoms with E-state index in [4.69, 9.17) is 9.47 Å². The molecular weight excluding hydrogens is 236 g/mol. The van der Waals surface area contributed by atoms with Crippen molar-refractivity contribution in [2.24, 2.45) is 0 Å². The topological polar surface area (TPSA) is 73.3 Å². The lowest BCUT2D eigenvalue weighted by Gasteiger charge is -2.11. The molecule has 0 unspecified atom stereocenters. The van der Waals surface area contributed by atoms with Gasteiger partial charge in [0.1, 0.15) is 0 Å². The van der Waals surface area contributed by atoms with Crippen LogP contribution in [-0.2, 0) is 6.54 Å². The molecular formula is C12H14N2O4. The molecule has 0 aliphatic heterocycles. The molecule has 0 atom stereocenters. The Morgan fingerprint density at radius 1 is 1.17 bits per heavy atom. The lowest BCUT2D eigenvalue weighted by Crippen LogP contribution is -2.29. The average molecular weight is 250 g/mol. The average Bonchev–Trinajstić information content (AvgIpc) is 2.37. The number of methoxy groups -OCH3 is 2. The van der Waals surface area contributed by atoms with Crippen LogP contribution in [0.5, 0.6) is 11.5 Å². The normalized spacial score (nSPS) is 10.6. The third kappa shape index (κ3) is 1.75. The second kappa shape index (κ2) is 4.56. The highest BCUT2D eigenvalue weighted by Crippen LogP contribution is 2.30. The van der Waals surface area contributed by atoms with Crippen molar-refractivity contribution in [1.29, 1.82) is 0 Å². The fourth-order valence-electron chi connectivity index (χ4n) is 1.93. The Morgan fingerprint density at radius 2 is 1.78 bits per heavy atom. The summed E-state index contributed by atoms with van der Waals surface area (Å²) >= 11 is 0. The number of ether oxygens (including phenoxy) is 2. The third-order valence-electron chi connectivity index (χ3n) is 2.82. The summed E-state index contributed by atoms with van der Waals surface area (Å²) in [5, 5.41) is 0.397. The summed E-state index contributed by atoms with van der Waals surface area (Å²) in [6.45, 7) is 2.29. The summed E-state index contributed by atoms with van der Waals surface area (Å²) in [6, 6.07) is 3.20. The summed E-state index contributed by atoms with van der Waals surface area (Å²) in [6.07, 6.45) is 0. The molecule has 0 spiro atoms. The van der Waals surface area contributed by atoms with Gasteiger partial charge in [-0.3, -0.25) is 14.3 Å². The van der Waals surface area contributed by atoms with E-state index in [0.29, 0.717) is 28.9 Å². The van der Waals surface area contributed by atoms with Crippen molar-refractivity contribution in [1.82, 2.24) is 9.55 Å². The fourth-order valence-corrected chi connectivity index (χ4v) is 1.93. The van der Waals surface area contributed by atoms with Crippen LogP contribution in [0.3, 0.4) is 0 Å². The minimum absolute atomic E-state index is 0.397. The molecule has 6 nitrogen and oxygen atoms in total. The Morgan fingerprint density at radius 3 is 2.33 bits per heavy atom. The van der Waals surface area contributed by atoms with E-state index in [0.717, 1.165) is 0 Å². The smallest absolute Gasteiger partial charge is 0.328 e. The van der Waals surface area contributed by atoms with Gasteiger partial charge >= 0.3 is 5.69 Å². The Labute approximate surface area is 103 Å². The first-order chi connectivity index (χ1) is 8.62. The summed E-state index contributed by atoms with van der Waals surface area (Å²) in [5.74, 6) is 0.939. The molecule has 1 N–H and O–H groups in total. The minimum Gasteiger partial charge on any atom is -0.493 e. The predicted octanol–water partition coefficient (Wildman–Crippen LogP) is 0.727. The second-order valence-electron chi connectivity index (χ2n) is 3.73. The zero-order valence-electron chi connectivity index (χ0n) is 10.4. The van der Waals surface area contributed by atoms with E-state index >= 15 is 0 Å². The van der Waals surface area contributed by atoms with Crippen LogP contribution in [0, 0.1) is 0 Å². The van der Waals surface area contributed by atoms with Gasteiger partial charge < -0.3 is 9.47 Å². The van der Waals surface area contributed by atoms with Crippen LogP contribution < -0.4 is 20.7 Å². The number of aryl methyl sites for hydroxylation is 1. The first-order valence-corrected chi connectivity index (χ1v) is 5.51. The third-order valence-corrected chi connectivity index (χ3v) is 2.82. The van der Waals surface area contributed by atoms with Crippen LogP contribution >= 0.6 is 0 Å². The number of hydrogen-bond acceptors (Lipinski definition) is 4. The highest BCUT2D eigenvalue weighted by Gasteiger charge is 2.12. The van der Waals surface area contributed by atoms with Gasteiger partial charge in [-0.25, -0.2) is 4.79 Å². The number of aromatic amines is 1. The van der Waals surface area contributed by atoms with Crippen LogP contribution in [0.2, 0.25) is 0 Å². The van der Waals surface area contributed by atoms with E-state index in [9.17, 15) is 9.59 Å². The maximum Gasteiger partial charge on any atom is 0.328 e. The van der Waals surface area contributed by atoms with Gasteiger partial charge in [-0.2, -0.15) is 0 Å². The van der Waals surface area contributed by atoms with Crippen molar-refractivity contribution in [2.75, 3.05) is 14.2 Å². The predicted molar refractivity (Wildman–Crippen MR) is 67.6 cm³/mol. The number of aromatic nitrogens is 2. The van der Waals surface area contributed by atoms with Crippen molar-refractivity contribution >= 4 is 10.9 Å². The number of benzene rings is 1. The number of hydrogen-bond donors (Lipinski definition) is 1. The zero-order valence-corrected chi connectivity index (χ0v) is 10.4. The summed E-state index contributed by atoms with van der Waals surface area (Å²) in [5.41, 5.74) is -0.327. The van der Waals surface area contributed by atoms with Gasteiger partial charge in [0, 0.05) is 12.6 Å². The molecule has 0 bridgehead atoms.